The van der Waals surface area contributed by atoms with Crippen LogP contribution in [0.2, 0.25) is 0 Å². The van der Waals surface area contributed by atoms with Gasteiger partial charge in [0.1, 0.15) is 10.1 Å². The number of amides is 1. The van der Waals surface area contributed by atoms with Crippen molar-refractivity contribution in [3.05, 3.63) is 70.6 Å². The number of phenolic OH excluding ortho intramolecular Hbond substituents is 1. The maximum Gasteiger partial charge on any atom is 0.305 e. The van der Waals surface area contributed by atoms with Crippen LogP contribution in [0.4, 0.5) is 0 Å². The molecule has 3 rings (SSSR count). The predicted octanol–water partition coefficient (Wildman–Crippen LogP) is 3.81. The van der Waals surface area contributed by atoms with Crippen molar-refractivity contribution in [1.29, 1.82) is 0 Å². The van der Waals surface area contributed by atoms with E-state index in [0.29, 0.717) is 9.23 Å². The average Bonchev–Trinajstić information content (AvgIpc) is 2.89. The topological polar surface area (TPSA) is 77.8 Å². The highest BCUT2D eigenvalue weighted by atomic mass is 32.2. The van der Waals surface area contributed by atoms with E-state index in [0.717, 1.165) is 22.9 Å². The second-order valence-electron chi connectivity index (χ2n) is 5.67. The zero-order valence-corrected chi connectivity index (χ0v) is 15.2. The number of phenols is 1. The molecule has 0 bridgehead atoms. The van der Waals surface area contributed by atoms with Gasteiger partial charge in [-0.15, -0.1) is 0 Å². The highest BCUT2D eigenvalue weighted by Crippen LogP contribution is 2.39. The Kier molecular flexibility index (Phi) is 5.39. The molecule has 1 amide bonds. The lowest BCUT2D eigenvalue weighted by atomic mass is 10.0. The van der Waals surface area contributed by atoms with Gasteiger partial charge in [0.15, 0.2) is 0 Å². The Hall–Kier alpha value is -2.64. The maximum absolute atomic E-state index is 12.9. The van der Waals surface area contributed by atoms with E-state index in [4.69, 9.17) is 12.2 Å². The van der Waals surface area contributed by atoms with Gasteiger partial charge in [-0.1, -0.05) is 66.4 Å². The fourth-order valence-electron chi connectivity index (χ4n) is 2.67. The first-order valence-electron chi connectivity index (χ1n) is 7.78. The first-order valence-corrected chi connectivity index (χ1v) is 9.01. The number of thioether (sulfide) groups is 1. The van der Waals surface area contributed by atoms with Gasteiger partial charge in [0.2, 0.25) is 0 Å². The van der Waals surface area contributed by atoms with Gasteiger partial charge >= 0.3 is 5.97 Å². The van der Waals surface area contributed by atoms with Crippen LogP contribution in [0.1, 0.15) is 23.6 Å². The Morgan fingerprint density at radius 3 is 2.42 bits per heavy atom. The van der Waals surface area contributed by atoms with Crippen molar-refractivity contribution in [2.45, 2.75) is 12.5 Å². The molecule has 2 N–H and O–H groups in total. The minimum absolute atomic E-state index is 0.139. The fraction of sp³-hybridized carbons (Fsp3) is 0.105. The van der Waals surface area contributed by atoms with Gasteiger partial charge < -0.3 is 10.2 Å². The Morgan fingerprint density at radius 2 is 1.81 bits per heavy atom. The Morgan fingerprint density at radius 1 is 1.15 bits per heavy atom. The summed E-state index contributed by atoms with van der Waals surface area (Å²) in [6.45, 7) is 0. The highest BCUT2D eigenvalue weighted by Gasteiger charge is 2.38. The van der Waals surface area contributed by atoms with Gasteiger partial charge in [0, 0.05) is 0 Å². The van der Waals surface area contributed by atoms with Crippen molar-refractivity contribution in [2.75, 3.05) is 0 Å². The first-order chi connectivity index (χ1) is 12.5. The van der Waals surface area contributed by atoms with E-state index >= 15 is 0 Å². The number of aromatic hydroxyl groups is 1. The number of carboxylic acid groups (broad SMARTS) is 1. The number of benzene rings is 2. The van der Waals surface area contributed by atoms with Crippen LogP contribution < -0.4 is 0 Å². The molecule has 0 aromatic heterocycles. The van der Waals surface area contributed by atoms with Crippen molar-refractivity contribution in [3.8, 4) is 5.75 Å². The molecule has 1 heterocycles. The van der Waals surface area contributed by atoms with E-state index in [1.165, 1.54) is 17.0 Å². The summed E-state index contributed by atoms with van der Waals surface area (Å²) in [5, 5.41) is 18.6. The molecule has 0 aliphatic carbocycles. The molecule has 7 heteroatoms. The number of aliphatic carboxylic acids is 1. The molecule has 1 saturated heterocycles. The molecule has 0 spiro atoms. The van der Waals surface area contributed by atoms with Crippen LogP contribution in [0, 0.1) is 0 Å². The van der Waals surface area contributed by atoms with Crippen LogP contribution in [0.5, 0.6) is 5.75 Å². The Balaban J connectivity index is 1.93. The number of hydrogen-bond donors (Lipinski definition) is 2. The lowest BCUT2D eigenvalue weighted by Gasteiger charge is -2.26. The predicted molar refractivity (Wildman–Crippen MR) is 105 cm³/mol. The summed E-state index contributed by atoms with van der Waals surface area (Å²) in [5.41, 5.74) is 1.47. The van der Waals surface area contributed by atoms with E-state index < -0.39 is 12.0 Å². The van der Waals surface area contributed by atoms with Gasteiger partial charge in [-0.2, -0.15) is 0 Å². The quantitative estimate of drug-likeness (QED) is 0.602. The molecule has 0 saturated carbocycles. The third-order valence-corrected chi connectivity index (χ3v) is 5.21. The fourth-order valence-corrected chi connectivity index (χ4v) is 4.03. The van der Waals surface area contributed by atoms with E-state index in [1.807, 2.05) is 6.07 Å². The zero-order chi connectivity index (χ0) is 18.7. The van der Waals surface area contributed by atoms with Crippen molar-refractivity contribution >= 4 is 46.3 Å². The SMILES string of the molecule is O=C(O)C[C@@H](c1ccccc1)N1C(=O)/C(=C\c2ccc(O)cc2)SC1=S. The largest absolute Gasteiger partial charge is 0.508 e. The molecule has 0 unspecified atom stereocenters. The summed E-state index contributed by atoms with van der Waals surface area (Å²) < 4.78 is 0.329. The van der Waals surface area contributed by atoms with Crippen LogP contribution >= 0.6 is 24.0 Å². The van der Waals surface area contributed by atoms with Crippen LogP contribution in [0.15, 0.2) is 59.5 Å². The third-order valence-electron chi connectivity index (χ3n) is 3.88. The molecule has 1 fully saturated rings. The minimum Gasteiger partial charge on any atom is -0.508 e. The molecule has 2 aromatic rings. The van der Waals surface area contributed by atoms with Crippen LogP contribution in [-0.2, 0) is 9.59 Å². The lowest BCUT2D eigenvalue weighted by molar-refractivity contribution is -0.138. The molecule has 26 heavy (non-hydrogen) atoms. The molecule has 0 radical (unpaired) electrons. The second-order valence-corrected chi connectivity index (χ2v) is 7.34. The first kappa shape index (κ1) is 18.2. The third kappa shape index (κ3) is 3.95. The molecule has 1 atom stereocenters. The number of rotatable bonds is 5. The normalized spacial score (nSPS) is 16.9. The summed E-state index contributed by atoms with van der Waals surface area (Å²) in [7, 11) is 0. The summed E-state index contributed by atoms with van der Waals surface area (Å²) >= 11 is 6.50. The number of carboxylic acids is 1. The average molecular weight is 385 g/mol. The molecule has 132 valence electrons. The van der Waals surface area contributed by atoms with Gasteiger partial charge in [-0.05, 0) is 29.3 Å². The molecular weight excluding hydrogens is 370 g/mol. The van der Waals surface area contributed by atoms with Gasteiger partial charge in [-0.3, -0.25) is 14.5 Å². The molecular formula is C19H15NO4S2. The number of carbonyl (C=O) groups is 2. The number of hydrogen-bond acceptors (Lipinski definition) is 5. The number of nitrogens with zero attached hydrogens (tertiary/aromatic N) is 1. The smallest absolute Gasteiger partial charge is 0.305 e. The molecule has 5 nitrogen and oxygen atoms in total. The summed E-state index contributed by atoms with van der Waals surface area (Å²) in [6, 6.07) is 14.8. The highest BCUT2D eigenvalue weighted by molar-refractivity contribution is 8.26. The zero-order valence-electron chi connectivity index (χ0n) is 13.5. The standard InChI is InChI=1S/C19H15NO4S2/c21-14-8-6-12(7-9-14)10-16-18(24)20(19(25)26-16)15(11-17(22)23)13-4-2-1-3-5-13/h1-10,15,21H,11H2,(H,22,23)/b16-10+/t15-/m0/s1. The lowest BCUT2D eigenvalue weighted by Crippen LogP contribution is -2.34. The van der Waals surface area contributed by atoms with Crippen LogP contribution in [0.3, 0.4) is 0 Å². The van der Waals surface area contributed by atoms with Crippen LogP contribution in [-0.4, -0.2) is 31.3 Å². The second kappa shape index (κ2) is 7.72. The van der Waals surface area contributed by atoms with Gasteiger partial charge in [0.05, 0.1) is 17.4 Å². The molecule has 1 aliphatic heterocycles. The summed E-state index contributed by atoms with van der Waals surface area (Å²) in [5.74, 6) is -1.18. The van der Waals surface area contributed by atoms with E-state index in [2.05, 4.69) is 0 Å². The van der Waals surface area contributed by atoms with E-state index in [-0.39, 0.29) is 18.1 Å². The Labute approximate surface area is 160 Å². The monoisotopic (exact) mass is 385 g/mol. The van der Waals surface area contributed by atoms with Crippen molar-refractivity contribution in [3.63, 3.8) is 0 Å². The van der Waals surface area contributed by atoms with Crippen molar-refractivity contribution < 1.29 is 19.8 Å². The summed E-state index contributed by atoms with van der Waals surface area (Å²) in [4.78, 5) is 26.0. The van der Waals surface area contributed by atoms with Crippen molar-refractivity contribution in [1.82, 2.24) is 4.90 Å². The Bertz CT molecular complexity index is 878. The molecule has 1 aliphatic rings. The number of carbonyl (C=O) groups excluding carboxylic acids is 1. The molecule has 2 aromatic carbocycles. The van der Waals surface area contributed by atoms with E-state index in [9.17, 15) is 19.8 Å². The van der Waals surface area contributed by atoms with Crippen molar-refractivity contribution in [2.24, 2.45) is 0 Å². The minimum atomic E-state index is -1.00. The van der Waals surface area contributed by atoms with E-state index in [1.54, 1.807) is 42.5 Å². The summed E-state index contributed by atoms with van der Waals surface area (Å²) in [6.07, 6.45) is 1.45. The van der Waals surface area contributed by atoms with Crippen LogP contribution in [0.25, 0.3) is 6.08 Å². The number of thiocarbonyl (C=S) groups is 1. The van der Waals surface area contributed by atoms with Gasteiger partial charge in [0.25, 0.3) is 5.91 Å². The maximum atomic E-state index is 12.9. The van der Waals surface area contributed by atoms with Gasteiger partial charge in [-0.25, -0.2) is 0 Å².